The number of hydrogen-bond acceptors (Lipinski definition) is 3. The maximum atomic E-state index is 11.0. The van der Waals surface area contributed by atoms with E-state index in [1.165, 1.54) is 0 Å². The third kappa shape index (κ3) is 5.50. The highest BCUT2D eigenvalue weighted by atomic mass is 16.1. The SMILES string of the molecule is CCC(C)(C)N(C)CCCCC(C)(N)C(N)=O. The minimum absolute atomic E-state index is 0.232. The molecule has 0 aliphatic heterocycles. The zero-order valence-electron chi connectivity index (χ0n) is 12.0. The third-order valence-corrected chi connectivity index (χ3v) is 3.90. The molecule has 0 bridgehead atoms. The summed E-state index contributed by atoms with van der Waals surface area (Å²) < 4.78 is 0. The Kier molecular flexibility index (Phi) is 6.13. The molecule has 0 rings (SSSR count). The van der Waals surface area contributed by atoms with E-state index < -0.39 is 11.4 Å². The maximum absolute atomic E-state index is 11.0. The molecular weight excluding hydrogens is 214 g/mol. The summed E-state index contributed by atoms with van der Waals surface area (Å²) in [6, 6.07) is 0. The van der Waals surface area contributed by atoms with Gasteiger partial charge >= 0.3 is 0 Å². The Bertz CT molecular complexity index is 249. The van der Waals surface area contributed by atoms with Crippen molar-refractivity contribution in [1.29, 1.82) is 0 Å². The van der Waals surface area contributed by atoms with Crippen LogP contribution in [-0.2, 0) is 4.79 Å². The molecule has 1 unspecified atom stereocenters. The third-order valence-electron chi connectivity index (χ3n) is 3.90. The van der Waals surface area contributed by atoms with Crippen LogP contribution in [0.1, 0.15) is 53.4 Å². The van der Waals surface area contributed by atoms with Gasteiger partial charge in [0.2, 0.25) is 5.91 Å². The first-order valence-electron chi connectivity index (χ1n) is 6.43. The van der Waals surface area contributed by atoms with Gasteiger partial charge in [0, 0.05) is 5.54 Å². The van der Waals surface area contributed by atoms with Gasteiger partial charge in [0.25, 0.3) is 0 Å². The van der Waals surface area contributed by atoms with Crippen molar-refractivity contribution in [3.63, 3.8) is 0 Å². The molecule has 0 heterocycles. The second-order valence-corrected chi connectivity index (χ2v) is 5.83. The van der Waals surface area contributed by atoms with E-state index in [-0.39, 0.29) is 5.54 Å². The summed E-state index contributed by atoms with van der Waals surface area (Å²) in [5.74, 6) is -0.417. The predicted molar refractivity (Wildman–Crippen MR) is 72.6 cm³/mol. The number of carbonyl (C=O) groups excluding carboxylic acids is 1. The second-order valence-electron chi connectivity index (χ2n) is 5.83. The minimum Gasteiger partial charge on any atom is -0.368 e. The number of rotatable bonds is 8. The Morgan fingerprint density at radius 1 is 1.24 bits per heavy atom. The molecule has 0 saturated carbocycles. The van der Waals surface area contributed by atoms with E-state index in [2.05, 4.69) is 32.7 Å². The summed E-state index contributed by atoms with van der Waals surface area (Å²) in [6.07, 6.45) is 3.75. The summed E-state index contributed by atoms with van der Waals surface area (Å²) >= 11 is 0. The van der Waals surface area contributed by atoms with Crippen molar-refractivity contribution in [1.82, 2.24) is 4.90 Å². The van der Waals surface area contributed by atoms with Gasteiger partial charge in [0.1, 0.15) is 0 Å². The molecule has 0 aliphatic carbocycles. The van der Waals surface area contributed by atoms with E-state index in [9.17, 15) is 4.79 Å². The average molecular weight is 243 g/mol. The first-order valence-corrected chi connectivity index (χ1v) is 6.43. The van der Waals surface area contributed by atoms with Crippen LogP contribution in [0.25, 0.3) is 0 Å². The monoisotopic (exact) mass is 243 g/mol. The maximum Gasteiger partial charge on any atom is 0.237 e. The quantitative estimate of drug-likeness (QED) is 0.634. The topological polar surface area (TPSA) is 72.3 Å². The van der Waals surface area contributed by atoms with Gasteiger partial charge in [-0.3, -0.25) is 4.79 Å². The van der Waals surface area contributed by atoms with E-state index in [1.54, 1.807) is 6.92 Å². The molecule has 0 aromatic rings. The smallest absolute Gasteiger partial charge is 0.237 e. The molecule has 17 heavy (non-hydrogen) atoms. The molecule has 0 spiro atoms. The molecule has 0 aliphatic rings. The van der Waals surface area contributed by atoms with Crippen LogP contribution in [0.5, 0.6) is 0 Å². The van der Waals surface area contributed by atoms with Gasteiger partial charge in [0.05, 0.1) is 5.54 Å². The number of nitrogens with two attached hydrogens (primary N) is 2. The molecule has 4 N–H and O–H groups in total. The molecule has 0 radical (unpaired) electrons. The summed E-state index contributed by atoms with van der Waals surface area (Å²) in [7, 11) is 2.14. The van der Waals surface area contributed by atoms with Crippen LogP contribution in [0, 0.1) is 0 Å². The minimum atomic E-state index is -0.862. The van der Waals surface area contributed by atoms with Crippen molar-refractivity contribution < 1.29 is 4.79 Å². The van der Waals surface area contributed by atoms with Crippen LogP contribution in [0.3, 0.4) is 0 Å². The van der Waals surface area contributed by atoms with Gasteiger partial charge in [-0.1, -0.05) is 6.92 Å². The summed E-state index contributed by atoms with van der Waals surface area (Å²) in [4.78, 5) is 13.4. The lowest BCUT2D eigenvalue weighted by Gasteiger charge is -2.35. The van der Waals surface area contributed by atoms with Gasteiger partial charge in [-0.25, -0.2) is 0 Å². The molecule has 0 saturated heterocycles. The Morgan fingerprint density at radius 3 is 2.18 bits per heavy atom. The lowest BCUT2D eigenvalue weighted by atomic mass is 9.94. The van der Waals surface area contributed by atoms with Crippen LogP contribution in [-0.4, -0.2) is 35.5 Å². The highest BCUT2D eigenvalue weighted by molar-refractivity contribution is 5.83. The molecule has 102 valence electrons. The second kappa shape index (κ2) is 6.36. The van der Waals surface area contributed by atoms with E-state index in [0.717, 1.165) is 25.8 Å². The molecule has 0 fully saturated rings. The molecule has 4 nitrogen and oxygen atoms in total. The van der Waals surface area contributed by atoms with Crippen molar-refractivity contribution in [2.45, 2.75) is 64.5 Å². The zero-order chi connectivity index (χ0) is 13.7. The number of amides is 1. The number of hydrogen-bond donors (Lipinski definition) is 2. The van der Waals surface area contributed by atoms with Gasteiger partial charge in [0.15, 0.2) is 0 Å². The number of nitrogens with zero attached hydrogens (tertiary/aromatic N) is 1. The Morgan fingerprint density at radius 2 is 1.76 bits per heavy atom. The Balaban J connectivity index is 3.91. The molecule has 0 aromatic carbocycles. The fourth-order valence-electron chi connectivity index (χ4n) is 1.54. The summed E-state index contributed by atoms with van der Waals surface area (Å²) in [5.41, 5.74) is 10.4. The lowest BCUT2D eigenvalue weighted by molar-refractivity contribution is -0.122. The van der Waals surface area contributed by atoms with Gasteiger partial charge < -0.3 is 16.4 Å². The summed E-state index contributed by atoms with van der Waals surface area (Å²) in [6.45, 7) is 9.40. The van der Waals surface area contributed by atoms with Gasteiger partial charge in [-0.15, -0.1) is 0 Å². The molecule has 1 atom stereocenters. The average Bonchev–Trinajstić information content (AvgIpc) is 2.23. The largest absolute Gasteiger partial charge is 0.368 e. The van der Waals surface area contributed by atoms with Crippen molar-refractivity contribution >= 4 is 5.91 Å². The Labute approximate surface area is 106 Å². The van der Waals surface area contributed by atoms with Crippen LogP contribution in [0.15, 0.2) is 0 Å². The highest BCUT2D eigenvalue weighted by Crippen LogP contribution is 2.18. The number of carbonyl (C=O) groups is 1. The first-order chi connectivity index (χ1) is 7.63. The van der Waals surface area contributed by atoms with Crippen LogP contribution in [0.2, 0.25) is 0 Å². The van der Waals surface area contributed by atoms with E-state index in [0.29, 0.717) is 6.42 Å². The van der Waals surface area contributed by atoms with Gasteiger partial charge in [-0.05, 0) is 60.0 Å². The van der Waals surface area contributed by atoms with Crippen molar-refractivity contribution in [2.24, 2.45) is 11.5 Å². The first kappa shape index (κ1) is 16.4. The molecule has 4 heteroatoms. The van der Waals surface area contributed by atoms with Crippen LogP contribution < -0.4 is 11.5 Å². The number of primary amides is 1. The molecule has 0 aromatic heterocycles. The zero-order valence-corrected chi connectivity index (χ0v) is 12.0. The van der Waals surface area contributed by atoms with E-state index >= 15 is 0 Å². The van der Waals surface area contributed by atoms with Crippen molar-refractivity contribution in [3.8, 4) is 0 Å². The highest BCUT2D eigenvalue weighted by Gasteiger charge is 2.25. The fraction of sp³-hybridized carbons (Fsp3) is 0.923. The van der Waals surface area contributed by atoms with Crippen molar-refractivity contribution in [2.75, 3.05) is 13.6 Å². The molecule has 1 amide bonds. The van der Waals surface area contributed by atoms with Crippen molar-refractivity contribution in [3.05, 3.63) is 0 Å². The van der Waals surface area contributed by atoms with Gasteiger partial charge in [-0.2, -0.15) is 0 Å². The lowest BCUT2D eigenvalue weighted by Crippen LogP contribution is -2.49. The summed E-state index contributed by atoms with van der Waals surface area (Å²) in [5, 5.41) is 0. The van der Waals surface area contributed by atoms with Crippen LogP contribution in [0.4, 0.5) is 0 Å². The Hall–Kier alpha value is -0.610. The predicted octanol–water partition coefficient (Wildman–Crippen LogP) is 1.48. The molecular formula is C13H29N3O. The number of unbranched alkanes of at least 4 members (excludes halogenated alkanes) is 1. The fourth-order valence-corrected chi connectivity index (χ4v) is 1.54. The van der Waals surface area contributed by atoms with E-state index in [1.807, 2.05) is 0 Å². The standard InChI is InChI=1S/C13H29N3O/c1-6-12(2,3)16(5)10-8-7-9-13(4,15)11(14)17/h6-10,15H2,1-5H3,(H2,14,17). The van der Waals surface area contributed by atoms with Crippen LogP contribution >= 0.6 is 0 Å². The van der Waals surface area contributed by atoms with E-state index in [4.69, 9.17) is 11.5 Å². The normalized spacial score (nSPS) is 15.9.